The molecule has 1 amide bonds. The summed E-state index contributed by atoms with van der Waals surface area (Å²) in [6, 6.07) is 6.93. The number of hydrogen-bond acceptors (Lipinski definition) is 2. The van der Waals surface area contributed by atoms with Crippen molar-refractivity contribution in [2.45, 2.75) is 6.54 Å². The van der Waals surface area contributed by atoms with Crippen LogP contribution in [-0.2, 0) is 6.54 Å². The first kappa shape index (κ1) is 10.9. The number of nitrogens with two attached hydrogens (primary N) is 2. The van der Waals surface area contributed by atoms with E-state index in [1.807, 2.05) is 0 Å². The van der Waals surface area contributed by atoms with Crippen LogP contribution in [-0.4, -0.2) is 5.91 Å². The lowest BCUT2D eigenvalue weighted by Gasteiger charge is -1.96. The van der Waals surface area contributed by atoms with Crippen LogP contribution in [0.15, 0.2) is 24.3 Å². The normalized spacial score (nSPS) is 8.75. The Kier molecular flexibility index (Phi) is 4.33. The molecule has 0 aliphatic rings. The Morgan fingerprint density at radius 1 is 1.25 bits per heavy atom. The monoisotopic (exact) mass is 186 g/mol. The van der Waals surface area contributed by atoms with Gasteiger partial charge >= 0.3 is 0 Å². The third-order valence-corrected chi connectivity index (χ3v) is 1.47. The fraction of sp³-hybridized carbons (Fsp3) is 0.125. The van der Waals surface area contributed by atoms with Gasteiger partial charge in [0.05, 0.1) is 0 Å². The Balaban J connectivity index is 0.00000121. The van der Waals surface area contributed by atoms with Crippen LogP contribution in [0.25, 0.3) is 0 Å². The van der Waals surface area contributed by atoms with Gasteiger partial charge in [-0.15, -0.1) is 12.4 Å². The van der Waals surface area contributed by atoms with E-state index < -0.39 is 5.91 Å². The molecule has 0 aliphatic carbocycles. The predicted molar refractivity (Wildman–Crippen MR) is 50.1 cm³/mol. The van der Waals surface area contributed by atoms with Gasteiger partial charge in [0.25, 0.3) is 0 Å². The molecule has 0 heterocycles. The molecule has 0 aliphatic heterocycles. The summed E-state index contributed by atoms with van der Waals surface area (Å²) in [5.74, 6) is -0.409. The molecule has 1 aromatic rings. The molecule has 0 fully saturated rings. The molecule has 0 saturated heterocycles. The number of hydrogen-bond donors (Lipinski definition) is 2. The number of rotatable bonds is 2. The molecule has 0 unspecified atom stereocenters. The number of benzene rings is 1. The van der Waals surface area contributed by atoms with Gasteiger partial charge in [0.1, 0.15) is 0 Å². The first-order valence-electron chi connectivity index (χ1n) is 3.33. The van der Waals surface area contributed by atoms with Gasteiger partial charge in [-0.3, -0.25) is 4.79 Å². The molecule has 0 saturated carbocycles. The standard InChI is InChI=1S/C8H10N2O.ClH/c9-5-6-1-3-7(4-2-6)8(10)11;/h1-4H,5,9H2,(H2,10,11);1H. The van der Waals surface area contributed by atoms with Crippen molar-refractivity contribution in [3.8, 4) is 0 Å². The minimum atomic E-state index is -0.409. The highest BCUT2D eigenvalue weighted by Crippen LogP contribution is 2.01. The van der Waals surface area contributed by atoms with Crippen molar-refractivity contribution < 1.29 is 4.79 Å². The van der Waals surface area contributed by atoms with Crippen LogP contribution in [0.1, 0.15) is 15.9 Å². The zero-order valence-corrected chi connectivity index (χ0v) is 7.30. The van der Waals surface area contributed by atoms with Crippen LogP contribution in [0, 0.1) is 0 Å². The maximum atomic E-state index is 10.6. The number of carbonyl (C=O) groups excluding carboxylic acids is 1. The largest absolute Gasteiger partial charge is 0.366 e. The first-order valence-corrected chi connectivity index (χ1v) is 3.33. The predicted octanol–water partition coefficient (Wildman–Crippen LogP) is 0.666. The molecule has 4 N–H and O–H groups in total. The van der Waals surface area contributed by atoms with Gasteiger partial charge in [-0.05, 0) is 17.7 Å². The summed E-state index contributed by atoms with van der Waals surface area (Å²) in [6.45, 7) is 0.485. The molecule has 0 bridgehead atoms. The van der Waals surface area contributed by atoms with Crippen molar-refractivity contribution in [3.05, 3.63) is 35.4 Å². The average Bonchev–Trinajstić information content (AvgIpc) is 2.05. The quantitative estimate of drug-likeness (QED) is 0.713. The van der Waals surface area contributed by atoms with E-state index in [1.54, 1.807) is 24.3 Å². The number of carbonyl (C=O) groups is 1. The smallest absolute Gasteiger partial charge is 0.248 e. The van der Waals surface area contributed by atoms with E-state index >= 15 is 0 Å². The molecule has 12 heavy (non-hydrogen) atoms. The topological polar surface area (TPSA) is 69.1 Å². The van der Waals surface area contributed by atoms with Crippen molar-refractivity contribution >= 4 is 18.3 Å². The Morgan fingerprint density at radius 3 is 2.08 bits per heavy atom. The molecular weight excluding hydrogens is 176 g/mol. The summed E-state index contributed by atoms with van der Waals surface area (Å²) in [5, 5.41) is 0. The third kappa shape index (κ3) is 2.53. The van der Waals surface area contributed by atoms with Crippen LogP contribution in [0.2, 0.25) is 0 Å². The number of halogens is 1. The van der Waals surface area contributed by atoms with Crippen LogP contribution >= 0.6 is 12.4 Å². The van der Waals surface area contributed by atoms with Crippen molar-refractivity contribution in [3.63, 3.8) is 0 Å². The van der Waals surface area contributed by atoms with E-state index in [4.69, 9.17) is 11.5 Å². The SMILES string of the molecule is Cl.NCc1ccc(C(N)=O)cc1. The van der Waals surface area contributed by atoms with Crippen molar-refractivity contribution in [1.82, 2.24) is 0 Å². The minimum absolute atomic E-state index is 0. The van der Waals surface area contributed by atoms with Crippen molar-refractivity contribution in [1.29, 1.82) is 0 Å². The second-order valence-electron chi connectivity index (χ2n) is 2.27. The Hall–Kier alpha value is -1.06. The van der Waals surface area contributed by atoms with Gasteiger partial charge in [-0.2, -0.15) is 0 Å². The second-order valence-corrected chi connectivity index (χ2v) is 2.27. The van der Waals surface area contributed by atoms with Crippen LogP contribution in [0.5, 0.6) is 0 Å². The lowest BCUT2D eigenvalue weighted by molar-refractivity contribution is 0.100. The summed E-state index contributed by atoms with van der Waals surface area (Å²) in [7, 11) is 0. The molecule has 0 atom stereocenters. The van der Waals surface area contributed by atoms with Gasteiger partial charge in [0.2, 0.25) is 5.91 Å². The molecule has 3 nitrogen and oxygen atoms in total. The second kappa shape index (κ2) is 4.74. The first-order chi connectivity index (χ1) is 5.24. The van der Waals surface area contributed by atoms with Crippen molar-refractivity contribution in [2.24, 2.45) is 11.5 Å². The summed E-state index contributed by atoms with van der Waals surface area (Å²) in [6.07, 6.45) is 0. The average molecular weight is 187 g/mol. The summed E-state index contributed by atoms with van der Waals surface area (Å²) >= 11 is 0. The molecule has 1 aromatic carbocycles. The maximum Gasteiger partial charge on any atom is 0.248 e. The van der Waals surface area contributed by atoms with Crippen molar-refractivity contribution in [2.75, 3.05) is 0 Å². The molecule has 0 aromatic heterocycles. The molecule has 0 spiro atoms. The summed E-state index contributed by atoms with van der Waals surface area (Å²) < 4.78 is 0. The van der Waals surface area contributed by atoms with E-state index in [1.165, 1.54) is 0 Å². The highest BCUT2D eigenvalue weighted by Gasteiger charge is 1.97. The Morgan fingerprint density at radius 2 is 1.75 bits per heavy atom. The molecule has 0 radical (unpaired) electrons. The minimum Gasteiger partial charge on any atom is -0.366 e. The lowest BCUT2D eigenvalue weighted by Crippen LogP contribution is -2.10. The Bertz CT molecular complexity index is 258. The summed E-state index contributed by atoms with van der Waals surface area (Å²) in [5.41, 5.74) is 11.9. The third-order valence-electron chi connectivity index (χ3n) is 1.47. The van der Waals surface area contributed by atoms with E-state index in [-0.39, 0.29) is 12.4 Å². The number of amides is 1. The van der Waals surface area contributed by atoms with Gasteiger partial charge in [0.15, 0.2) is 0 Å². The zero-order chi connectivity index (χ0) is 8.27. The van der Waals surface area contributed by atoms with E-state index in [0.717, 1.165) is 5.56 Å². The van der Waals surface area contributed by atoms with Crippen LogP contribution in [0.3, 0.4) is 0 Å². The highest BCUT2D eigenvalue weighted by molar-refractivity contribution is 5.92. The van der Waals surface area contributed by atoms with Crippen LogP contribution < -0.4 is 11.5 Å². The molecule has 66 valence electrons. The van der Waals surface area contributed by atoms with E-state index in [2.05, 4.69) is 0 Å². The number of primary amides is 1. The van der Waals surface area contributed by atoms with E-state index in [9.17, 15) is 4.79 Å². The molecular formula is C8H11ClN2O. The fourth-order valence-electron chi connectivity index (χ4n) is 0.805. The van der Waals surface area contributed by atoms with Crippen LogP contribution in [0.4, 0.5) is 0 Å². The van der Waals surface area contributed by atoms with Gasteiger partial charge in [-0.25, -0.2) is 0 Å². The maximum absolute atomic E-state index is 10.6. The van der Waals surface area contributed by atoms with Gasteiger partial charge < -0.3 is 11.5 Å². The van der Waals surface area contributed by atoms with Gasteiger partial charge in [-0.1, -0.05) is 12.1 Å². The van der Waals surface area contributed by atoms with Gasteiger partial charge in [0, 0.05) is 12.1 Å². The lowest BCUT2D eigenvalue weighted by atomic mass is 10.1. The zero-order valence-electron chi connectivity index (χ0n) is 6.49. The molecule has 4 heteroatoms. The fourth-order valence-corrected chi connectivity index (χ4v) is 0.805. The Labute approximate surface area is 77.2 Å². The van der Waals surface area contributed by atoms with E-state index in [0.29, 0.717) is 12.1 Å². The highest BCUT2D eigenvalue weighted by atomic mass is 35.5. The molecule has 1 rings (SSSR count). The summed E-state index contributed by atoms with van der Waals surface area (Å²) in [4.78, 5) is 10.6.